The lowest BCUT2D eigenvalue weighted by atomic mass is 10.1. The second-order valence-electron chi connectivity index (χ2n) is 6.85. The first-order valence-corrected chi connectivity index (χ1v) is 10.1. The number of rotatable bonds is 3. The third kappa shape index (κ3) is 3.47. The largest absolute Gasteiger partial charge is 0.368 e. The third-order valence-corrected chi connectivity index (χ3v) is 6.64. The number of hydrogen-bond acceptors (Lipinski definition) is 4. The summed E-state index contributed by atoms with van der Waals surface area (Å²) in [6, 6.07) is 10.6. The number of carbonyl (C=O) groups is 1. The molecule has 2 unspecified atom stereocenters. The van der Waals surface area contributed by atoms with Gasteiger partial charge in [-0.3, -0.25) is 4.79 Å². The van der Waals surface area contributed by atoms with Gasteiger partial charge in [-0.05, 0) is 48.4 Å². The highest BCUT2D eigenvalue weighted by molar-refractivity contribution is 7.89. The van der Waals surface area contributed by atoms with Gasteiger partial charge in [0.1, 0.15) is 5.82 Å². The molecule has 4 rings (SSSR count). The predicted molar refractivity (Wildman–Crippen MR) is 97.2 cm³/mol. The average molecular weight is 390 g/mol. The number of fused-ring (bicyclic) bond motifs is 1. The van der Waals surface area contributed by atoms with Crippen molar-refractivity contribution in [3.05, 3.63) is 59.4 Å². The number of ether oxygens (including phenoxy) is 1. The Bertz CT molecular complexity index is 991. The summed E-state index contributed by atoms with van der Waals surface area (Å²) < 4.78 is 46.7. The van der Waals surface area contributed by atoms with E-state index in [0.29, 0.717) is 11.3 Å². The minimum absolute atomic E-state index is 0.143. The standard InChI is InChI=1S/C19H19FN2O4S/c1-12-10-22(11-18(26-12)13-2-4-15(20)5-3-13)27(24,25)16-6-7-17-14(8-16)9-19(23)21-17/h2-8,12,18H,9-11H2,1H3,(H,21,23). The van der Waals surface area contributed by atoms with Gasteiger partial charge >= 0.3 is 0 Å². The molecule has 0 bridgehead atoms. The summed E-state index contributed by atoms with van der Waals surface area (Å²) in [5.41, 5.74) is 2.06. The van der Waals surface area contributed by atoms with E-state index in [9.17, 15) is 17.6 Å². The number of nitrogens with zero attached hydrogens (tertiary/aromatic N) is 1. The number of benzene rings is 2. The number of halogens is 1. The number of anilines is 1. The van der Waals surface area contributed by atoms with Crippen LogP contribution in [0.15, 0.2) is 47.4 Å². The molecule has 0 spiro atoms. The van der Waals surface area contributed by atoms with E-state index in [2.05, 4.69) is 5.32 Å². The molecule has 0 radical (unpaired) electrons. The average Bonchev–Trinajstić information content (AvgIpc) is 3.01. The number of hydrogen-bond donors (Lipinski definition) is 1. The molecular formula is C19H19FN2O4S. The Morgan fingerprint density at radius 3 is 2.63 bits per heavy atom. The van der Waals surface area contributed by atoms with E-state index in [-0.39, 0.29) is 42.2 Å². The van der Waals surface area contributed by atoms with Crippen molar-refractivity contribution < 1.29 is 22.3 Å². The van der Waals surface area contributed by atoms with Crippen molar-refractivity contribution in [2.45, 2.75) is 30.4 Å². The summed E-state index contributed by atoms with van der Waals surface area (Å²) in [5, 5.41) is 2.70. The molecular weight excluding hydrogens is 371 g/mol. The quantitative estimate of drug-likeness (QED) is 0.874. The fraction of sp³-hybridized carbons (Fsp3) is 0.316. The van der Waals surface area contributed by atoms with Crippen LogP contribution in [0.25, 0.3) is 0 Å². The summed E-state index contributed by atoms with van der Waals surface area (Å²) in [6.07, 6.45) is -0.598. The minimum atomic E-state index is -3.74. The summed E-state index contributed by atoms with van der Waals surface area (Å²) >= 11 is 0. The number of nitrogens with one attached hydrogen (secondary N) is 1. The van der Waals surface area contributed by atoms with E-state index < -0.39 is 16.1 Å². The van der Waals surface area contributed by atoms with Crippen molar-refractivity contribution in [3.8, 4) is 0 Å². The zero-order valence-corrected chi connectivity index (χ0v) is 15.5. The normalized spacial score (nSPS) is 23.1. The van der Waals surface area contributed by atoms with Gasteiger partial charge in [0.15, 0.2) is 0 Å². The second kappa shape index (κ2) is 6.70. The van der Waals surface area contributed by atoms with Crippen molar-refractivity contribution in [2.75, 3.05) is 18.4 Å². The number of sulfonamides is 1. The van der Waals surface area contributed by atoms with Gasteiger partial charge in [-0.25, -0.2) is 12.8 Å². The van der Waals surface area contributed by atoms with Crippen molar-refractivity contribution in [1.29, 1.82) is 0 Å². The Kier molecular flexibility index (Phi) is 4.49. The monoisotopic (exact) mass is 390 g/mol. The molecule has 0 aliphatic carbocycles. The molecule has 1 saturated heterocycles. The van der Waals surface area contributed by atoms with Gasteiger partial charge in [0.2, 0.25) is 15.9 Å². The van der Waals surface area contributed by atoms with E-state index in [1.165, 1.54) is 22.5 Å². The molecule has 2 aromatic rings. The lowest BCUT2D eigenvalue weighted by Crippen LogP contribution is -2.45. The molecule has 0 saturated carbocycles. The Morgan fingerprint density at radius 1 is 1.15 bits per heavy atom. The summed E-state index contributed by atoms with van der Waals surface area (Å²) in [6.45, 7) is 2.18. The molecule has 2 aromatic carbocycles. The molecule has 1 N–H and O–H groups in total. The van der Waals surface area contributed by atoms with Crippen molar-refractivity contribution in [1.82, 2.24) is 4.31 Å². The molecule has 27 heavy (non-hydrogen) atoms. The van der Waals surface area contributed by atoms with Crippen molar-refractivity contribution in [3.63, 3.8) is 0 Å². The van der Waals surface area contributed by atoms with Crippen LogP contribution in [0.2, 0.25) is 0 Å². The smallest absolute Gasteiger partial charge is 0.243 e. The molecule has 1 fully saturated rings. The Labute approximate surface area is 157 Å². The second-order valence-corrected chi connectivity index (χ2v) is 8.79. The fourth-order valence-electron chi connectivity index (χ4n) is 3.49. The van der Waals surface area contributed by atoms with Crippen LogP contribution < -0.4 is 5.32 Å². The first kappa shape index (κ1) is 18.1. The molecule has 8 heteroatoms. The molecule has 142 valence electrons. The van der Waals surface area contributed by atoms with Gasteiger partial charge in [-0.2, -0.15) is 4.31 Å². The van der Waals surface area contributed by atoms with Gasteiger partial charge in [0.05, 0.1) is 23.5 Å². The number of amides is 1. The lowest BCUT2D eigenvalue weighted by Gasteiger charge is -2.36. The summed E-state index contributed by atoms with van der Waals surface area (Å²) in [5.74, 6) is -0.496. The topological polar surface area (TPSA) is 75.7 Å². The zero-order valence-electron chi connectivity index (χ0n) is 14.7. The van der Waals surface area contributed by atoms with Gasteiger partial charge in [0, 0.05) is 18.8 Å². The maximum atomic E-state index is 13.2. The first-order valence-electron chi connectivity index (χ1n) is 8.67. The molecule has 2 atom stereocenters. The highest BCUT2D eigenvalue weighted by Gasteiger charge is 2.35. The Hall–Kier alpha value is -2.29. The van der Waals surface area contributed by atoms with Gasteiger partial charge in [-0.1, -0.05) is 12.1 Å². The van der Waals surface area contributed by atoms with Gasteiger partial charge in [-0.15, -0.1) is 0 Å². The maximum absolute atomic E-state index is 13.2. The van der Waals surface area contributed by atoms with E-state index in [1.54, 1.807) is 24.3 Å². The number of carbonyl (C=O) groups excluding carboxylic acids is 1. The van der Waals surface area contributed by atoms with Crippen LogP contribution in [-0.4, -0.2) is 37.8 Å². The minimum Gasteiger partial charge on any atom is -0.368 e. The summed E-state index contributed by atoms with van der Waals surface area (Å²) in [4.78, 5) is 11.7. The maximum Gasteiger partial charge on any atom is 0.243 e. The summed E-state index contributed by atoms with van der Waals surface area (Å²) in [7, 11) is -3.74. The molecule has 2 heterocycles. The highest BCUT2D eigenvalue weighted by Crippen LogP contribution is 2.31. The van der Waals surface area contributed by atoms with Gasteiger partial charge in [0.25, 0.3) is 0 Å². The molecule has 2 aliphatic rings. The lowest BCUT2D eigenvalue weighted by molar-refractivity contribution is -0.115. The van der Waals surface area contributed by atoms with E-state index in [1.807, 2.05) is 6.92 Å². The Balaban J connectivity index is 1.62. The molecule has 1 amide bonds. The van der Waals surface area contributed by atoms with E-state index in [4.69, 9.17) is 4.74 Å². The van der Waals surface area contributed by atoms with Crippen molar-refractivity contribution in [2.24, 2.45) is 0 Å². The van der Waals surface area contributed by atoms with Crippen LogP contribution in [0.3, 0.4) is 0 Å². The predicted octanol–water partition coefficient (Wildman–Crippen LogP) is 2.47. The highest BCUT2D eigenvalue weighted by atomic mass is 32.2. The van der Waals surface area contributed by atoms with Crippen LogP contribution in [0.1, 0.15) is 24.2 Å². The zero-order chi connectivity index (χ0) is 19.2. The van der Waals surface area contributed by atoms with Crippen LogP contribution in [0.4, 0.5) is 10.1 Å². The van der Waals surface area contributed by atoms with Crippen LogP contribution in [-0.2, 0) is 26.0 Å². The fourth-order valence-corrected chi connectivity index (χ4v) is 5.05. The molecule has 0 aromatic heterocycles. The number of morpholine rings is 1. The van der Waals surface area contributed by atoms with Gasteiger partial charge < -0.3 is 10.1 Å². The van der Waals surface area contributed by atoms with E-state index in [0.717, 1.165) is 5.56 Å². The molecule has 2 aliphatic heterocycles. The third-order valence-electron chi connectivity index (χ3n) is 4.81. The Morgan fingerprint density at radius 2 is 1.89 bits per heavy atom. The van der Waals surface area contributed by atoms with Crippen LogP contribution >= 0.6 is 0 Å². The first-order chi connectivity index (χ1) is 12.8. The van der Waals surface area contributed by atoms with Crippen molar-refractivity contribution >= 4 is 21.6 Å². The van der Waals surface area contributed by atoms with E-state index >= 15 is 0 Å². The molecule has 6 nitrogen and oxygen atoms in total. The van der Waals surface area contributed by atoms with Crippen LogP contribution in [0.5, 0.6) is 0 Å². The van der Waals surface area contributed by atoms with Crippen LogP contribution in [0, 0.1) is 5.82 Å². The SMILES string of the molecule is CC1CN(S(=O)(=O)c2ccc3c(c2)CC(=O)N3)CC(c2ccc(F)cc2)O1.